The molecule has 0 unspecified atom stereocenters. The van der Waals surface area contributed by atoms with Gasteiger partial charge in [0, 0.05) is 0 Å². The van der Waals surface area contributed by atoms with Crippen molar-refractivity contribution in [3.05, 3.63) is 127 Å². The second-order valence-electron chi connectivity index (χ2n) is 6.05. The molecular formula is C25H23AuP+. The van der Waals surface area contributed by atoms with Crippen LogP contribution in [0.15, 0.2) is 115 Å². The molecule has 0 spiro atoms. The minimum atomic E-state index is -0.877. The van der Waals surface area contributed by atoms with Gasteiger partial charge in [-0.2, -0.15) is 35.9 Å². The minimum absolute atomic E-state index is 0. The third-order valence-electron chi connectivity index (χ3n) is 4.07. The Morgan fingerprint density at radius 1 is 0.519 bits per heavy atom. The summed E-state index contributed by atoms with van der Waals surface area (Å²) in [6, 6.07) is 43.3. The van der Waals surface area contributed by atoms with Gasteiger partial charge in [-0.05, 0) is 36.4 Å². The topological polar surface area (TPSA) is 0 Å². The molecule has 27 heavy (non-hydrogen) atoms. The van der Waals surface area contributed by atoms with Gasteiger partial charge in [0.25, 0.3) is 0 Å². The molecule has 4 aromatic carbocycles. The van der Waals surface area contributed by atoms with Crippen LogP contribution in [0.25, 0.3) is 0 Å². The van der Waals surface area contributed by atoms with Gasteiger partial charge in [-0.15, -0.1) is 0 Å². The van der Waals surface area contributed by atoms with Crippen molar-refractivity contribution in [1.29, 1.82) is 0 Å². The first-order valence-electron chi connectivity index (χ1n) is 8.80. The van der Waals surface area contributed by atoms with Crippen molar-refractivity contribution in [2.75, 3.05) is 0 Å². The summed E-state index contributed by atoms with van der Waals surface area (Å²) in [4.78, 5) is 0. The number of rotatable bonds is 3. The molecule has 0 nitrogen and oxygen atoms in total. The smallest absolute Gasteiger partial charge is 0.184 e. The molecule has 4 rings (SSSR count). The van der Waals surface area contributed by atoms with Crippen LogP contribution in [0.4, 0.5) is 0 Å². The van der Waals surface area contributed by atoms with E-state index in [1.54, 1.807) is 0 Å². The molecule has 0 saturated heterocycles. The SMILES string of the molecule is Cc1cc[c-]cc1.[Au+].c1ccc([PH+](c2ccccc2)c2ccccc2)cc1. The van der Waals surface area contributed by atoms with Gasteiger partial charge in [0.15, 0.2) is 0 Å². The van der Waals surface area contributed by atoms with Crippen LogP contribution in [-0.4, -0.2) is 0 Å². The van der Waals surface area contributed by atoms with Crippen molar-refractivity contribution >= 4 is 23.8 Å². The van der Waals surface area contributed by atoms with Crippen LogP contribution in [0.3, 0.4) is 0 Å². The fourth-order valence-corrected chi connectivity index (χ4v) is 5.36. The average molecular weight is 551 g/mol. The molecule has 0 radical (unpaired) electrons. The largest absolute Gasteiger partial charge is 1.00 e. The molecular weight excluding hydrogens is 528 g/mol. The van der Waals surface area contributed by atoms with Crippen LogP contribution in [0.2, 0.25) is 0 Å². The first-order valence-corrected chi connectivity index (χ1v) is 10.3. The number of benzene rings is 4. The Labute approximate surface area is 179 Å². The maximum atomic E-state index is 2.93. The second-order valence-corrected chi connectivity index (χ2v) is 8.53. The van der Waals surface area contributed by atoms with Gasteiger partial charge in [0.05, 0.1) is 7.92 Å². The van der Waals surface area contributed by atoms with Crippen molar-refractivity contribution in [2.24, 2.45) is 0 Å². The van der Waals surface area contributed by atoms with E-state index < -0.39 is 7.92 Å². The van der Waals surface area contributed by atoms with Gasteiger partial charge in [0.1, 0.15) is 15.9 Å². The van der Waals surface area contributed by atoms with Crippen LogP contribution in [0, 0.1) is 13.0 Å². The van der Waals surface area contributed by atoms with E-state index in [0.29, 0.717) is 0 Å². The Hall–Kier alpha value is -1.95. The van der Waals surface area contributed by atoms with E-state index in [-0.39, 0.29) is 22.4 Å². The zero-order valence-corrected chi connectivity index (χ0v) is 18.4. The summed E-state index contributed by atoms with van der Waals surface area (Å²) < 4.78 is 0. The predicted octanol–water partition coefficient (Wildman–Crippen LogP) is 4.97. The van der Waals surface area contributed by atoms with E-state index in [4.69, 9.17) is 0 Å². The Morgan fingerprint density at radius 2 is 0.852 bits per heavy atom. The molecule has 0 fully saturated rings. The van der Waals surface area contributed by atoms with Gasteiger partial charge >= 0.3 is 22.4 Å². The summed E-state index contributed by atoms with van der Waals surface area (Å²) in [6.07, 6.45) is 0. The molecule has 0 atom stereocenters. The molecule has 0 amide bonds. The minimum Gasteiger partial charge on any atom is -0.184 e. The third kappa shape index (κ3) is 6.61. The standard InChI is InChI=1S/C18H15P.C7H7.Au/c1-4-10-16(11-5-1)19(17-12-6-2-7-13-17)18-14-8-3-9-15-18;1-7-5-3-2-4-6-7;/h1-15H;3-6H,1H3;/q;-1;+1/p+1. The Kier molecular flexibility index (Phi) is 9.25. The van der Waals surface area contributed by atoms with Crippen molar-refractivity contribution in [3.8, 4) is 0 Å². The maximum Gasteiger partial charge on any atom is 1.00 e. The Balaban J connectivity index is 0.000000278. The van der Waals surface area contributed by atoms with Crippen molar-refractivity contribution in [3.63, 3.8) is 0 Å². The molecule has 0 aromatic heterocycles. The van der Waals surface area contributed by atoms with Gasteiger partial charge in [-0.1, -0.05) is 61.5 Å². The van der Waals surface area contributed by atoms with Crippen LogP contribution in [0.5, 0.6) is 0 Å². The normalized spacial score (nSPS) is 9.70. The number of hydrogen-bond donors (Lipinski definition) is 0. The maximum absolute atomic E-state index is 2.93. The van der Waals surface area contributed by atoms with Crippen LogP contribution in [-0.2, 0) is 22.4 Å². The third-order valence-corrected chi connectivity index (χ3v) is 6.80. The van der Waals surface area contributed by atoms with Gasteiger partial charge in [0.2, 0.25) is 0 Å². The van der Waals surface area contributed by atoms with Gasteiger partial charge in [-0.3, -0.25) is 0 Å². The first kappa shape index (κ1) is 21.4. The summed E-state index contributed by atoms with van der Waals surface area (Å²) in [6.45, 7) is 2.06. The molecule has 2 heteroatoms. The van der Waals surface area contributed by atoms with Crippen molar-refractivity contribution in [1.82, 2.24) is 0 Å². The summed E-state index contributed by atoms with van der Waals surface area (Å²) in [7, 11) is -0.877. The molecule has 0 aliphatic rings. The Morgan fingerprint density at radius 3 is 1.11 bits per heavy atom. The molecule has 0 aliphatic carbocycles. The van der Waals surface area contributed by atoms with Crippen molar-refractivity contribution in [2.45, 2.75) is 6.92 Å². The predicted molar refractivity (Wildman–Crippen MR) is 117 cm³/mol. The second kappa shape index (κ2) is 11.7. The summed E-state index contributed by atoms with van der Waals surface area (Å²) in [5.74, 6) is 0. The monoisotopic (exact) mass is 551 g/mol. The molecule has 4 aromatic rings. The molecule has 0 N–H and O–H groups in total. The summed E-state index contributed by atoms with van der Waals surface area (Å²) >= 11 is 0. The molecule has 0 aliphatic heterocycles. The number of aryl methyl sites for hydroxylation is 1. The van der Waals surface area contributed by atoms with E-state index in [0.717, 1.165) is 0 Å². The van der Waals surface area contributed by atoms with E-state index in [1.165, 1.54) is 21.5 Å². The number of hydrogen-bond acceptors (Lipinski definition) is 0. The molecule has 0 saturated carbocycles. The summed E-state index contributed by atoms with van der Waals surface area (Å²) in [5.41, 5.74) is 1.29. The molecule has 0 bridgehead atoms. The molecule has 0 heterocycles. The van der Waals surface area contributed by atoms with Crippen LogP contribution < -0.4 is 15.9 Å². The fraction of sp³-hybridized carbons (Fsp3) is 0.0400. The Bertz CT molecular complexity index is 784. The molecule has 138 valence electrons. The van der Waals surface area contributed by atoms with Crippen LogP contribution in [0.1, 0.15) is 5.56 Å². The first-order chi connectivity index (χ1) is 12.8. The van der Waals surface area contributed by atoms with Gasteiger partial charge < -0.3 is 0 Å². The van der Waals surface area contributed by atoms with Gasteiger partial charge in [-0.25, -0.2) is 0 Å². The average Bonchev–Trinajstić information content (AvgIpc) is 2.72. The van der Waals surface area contributed by atoms with E-state index in [1.807, 2.05) is 24.3 Å². The van der Waals surface area contributed by atoms with Crippen LogP contribution >= 0.6 is 7.92 Å². The van der Waals surface area contributed by atoms with E-state index >= 15 is 0 Å². The quantitative estimate of drug-likeness (QED) is 0.192. The van der Waals surface area contributed by atoms with E-state index in [2.05, 4.69) is 104 Å². The zero-order chi connectivity index (χ0) is 18.0. The zero-order valence-electron chi connectivity index (χ0n) is 15.3. The van der Waals surface area contributed by atoms with Crippen molar-refractivity contribution < 1.29 is 22.4 Å². The summed E-state index contributed by atoms with van der Waals surface area (Å²) in [5, 5.41) is 4.31. The fourth-order valence-electron chi connectivity index (χ4n) is 2.78. The van der Waals surface area contributed by atoms with E-state index in [9.17, 15) is 0 Å².